The van der Waals surface area contributed by atoms with Gasteiger partial charge >= 0.3 is 0 Å². The molecule has 0 fully saturated rings. The topological polar surface area (TPSA) is 62.1 Å². The van der Waals surface area contributed by atoms with Crippen molar-refractivity contribution in [3.8, 4) is 17.2 Å². The predicted octanol–water partition coefficient (Wildman–Crippen LogP) is 5.36. The number of benzene rings is 3. The Hall–Kier alpha value is -3.55. The van der Waals surface area contributed by atoms with E-state index in [1.807, 2.05) is 67.6 Å². The number of fused-ring (bicyclic) bond motifs is 3. The number of rotatable bonds is 9. The maximum Gasteiger partial charge on any atom is 0.274 e. The molecule has 0 radical (unpaired) electrons. The normalized spacial score (nSPS) is 11.9. The Morgan fingerprint density at radius 1 is 0.971 bits per heavy atom. The van der Waals surface area contributed by atoms with E-state index < -0.39 is 0 Å². The van der Waals surface area contributed by atoms with E-state index >= 15 is 0 Å². The molecular formula is C27H23ClN2O4S. The molecule has 0 saturated carbocycles. The fraction of sp³-hybridized carbons (Fsp3) is 0.185. The number of ether oxygens (including phenoxy) is 3. The summed E-state index contributed by atoms with van der Waals surface area (Å²) in [4.78, 5) is 18.3. The van der Waals surface area contributed by atoms with Crippen molar-refractivity contribution in [3.63, 3.8) is 0 Å². The molecule has 0 unspecified atom stereocenters. The van der Waals surface area contributed by atoms with Crippen molar-refractivity contribution in [2.45, 2.75) is 13.3 Å². The Labute approximate surface area is 211 Å². The lowest BCUT2D eigenvalue weighted by Gasteiger charge is -2.13. The first-order valence-corrected chi connectivity index (χ1v) is 12.5. The molecule has 0 aliphatic rings. The van der Waals surface area contributed by atoms with E-state index in [2.05, 4.69) is 4.98 Å². The summed E-state index contributed by atoms with van der Waals surface area (Å²) in [5.74, 6) is 2.07. The molecule has 5 rings (SSSR count). The average Bonchev–Trinajstić information content (AvgIpc) is 3.37. The van der Waals surface area contributed by atoms with Crippen molar-refractivity contribution in [1.82, 2.24) is 9.38 Å². The first-order valence-electron chi connectivity index (χ1n) is 11.3. The molecule has 0 amide bonds. The van der Waals surface area contributed by atoms with Crippen LogP contribution in [0.1, 0.15) is 18.9 Å². The van der Waals surface area contributed by atoms with Gasteiger partial charge < -0.3 is 14.2 Å². The standard InChI is InChI=1S/C27H23ClN2O4S/c1-2-32-24-16-18(8-13-23(24)34-15-5-14-33-20-11-9-19(28)10-12-20)17-25-26(31)30-22-7-4-3-6-21(22)29-27(30)35-25/h3-4,6-13,16-17H,2,5,14-15H2,1H3/b25-17-. The Morgan fingerprint density at radius 2 is 1.77 bits per heavy atom. The largest absolute Gasteiger partial charge is 0.493 e. The second kappa shape index (κ2) is 10.4. The molecule has 178 valence electrons. The van der Waals surface area contributed by atoms with Gasteiger partial charge in [0.25, 0.3) is 5.56 Å². The van der Waals surface area contributed by atoms with E-state index in [4.69, 9.17) is 25.8 Å². The minimum absolute atomic E-state index is 0.0716. The maximum atomic E-state index is 13.0. The number of nitrogens with zero attached hydrogens (tertiary/aromatic N) is 2. The molecule has 2 aromatic heterocycles. The van der Waals surface area contributed by atoms with Crippen LogP contribution in [-0.4, -0.2) is 29.2 Å². The highest BCUT2D eigenvalue weighted by Crippen LogP contribution is 2.29. The monoisotopic (exact) mass is 506 g/mol. The van der Waals surface area contributed by atoms with Gasteiger partial charge in [0, 0.05) is 11.4 Å². The van der Waals surface area contributed by atoms with Crippen molar-refractivity contribution >= 4 is 45.0 Å². The van der Waals surface area contributed by atoms with E-state index in [1.165, 1.54) is 11.3 Å². The molecular weight excluding hydrogens is 484 g/mol. The molecule has 8 heteroatoms. The lowest BCUT2D eigenvalue weighted by molar-refractivity contribution is 0.236. The first kappa shape index (κ1) is 23.2. The summed E-state index contributed by atoms with van der Waals surface area (Å²) in [6, 6.07) is 20.6. The summed E-state index contributed by atoms with van der Waals surface area (Å²) < 4.78 is 19.7. The molecule has 6 nitrogen and oxygen atoms in total. The summed E-state index contributed by atoms with van der Waals surface area (Å²) in [6.45, 7) is 3.44. The van der Waals surface area contributed by atoms with Crippen molar-refractivity contribution in [1.29, 1.82) is 0 Å². The molecule has 0 N–H and O–H groups in total. The molecule has 0 aliphatic heterocycles. The van der Waals surface area contributed by atoms with Gasteiger partial charge in [0.2, 0.25) is 0 Å². The molecule has 35 heavy (non-hydrogen) atoms. The summed E-state index contributed by atoms with van der Waals surface area (Å²) >= 11 is 7.27. The van der Waals surface area contributed by atoms with Gasteiger partial charge in [-0.15, -0.1) is 0 Å². The number of hydrogen-bond donors (Lipinski definition) is 0. The predicted molar refractivity (Wildman–Crippen MR) is 140 cm³/mol. The van der Waals surface area contributed by atoms with Gasteiger partial charge in [-0.3, -0.25) is 4.79 Å². The quantitative estimate of drug-likeness (QED) is 0.252. The van der Waals surface area contributed by atoms with Gasteiger partial charge in [-0.25, -0.2) is 9.38 Å². The van der Waals surface area contributed by atoms with Crippen LogP contribution in [0.2, 0.25) is 5.02 Å². The zero-order valence-electron chi connectivity index (χ0n) is 19.1. The third-order valence-electron chi connectivity index (χ3n) is 5.34. The minimum atomic E-state index is -0.0716. The zero-order chi connectivity index (χ0) is 24.2. The average molecular weight is 507 g/mol. The summed E-state index contributed by atoms with van der Waals surface area (Å²) in [6.07, 6.45) is 2.58. The van der Waals surface area contributed by atoms with Crippen molar-refractivity contribution in [2.75, 3.05) is 19.8 Å². The smallest absolute Gasteiger partial charge is 0.274 e. The lowest BCUT2D eigenvalue weighted by Crippen LogP contribution is -2.22. The Bertz CT molecular complexity index is 1580. The summed E-state index contributed by atoms with van der Waals surface area (Å²) in [5.41, 5.74) is 2.43. The van der Waals surface area contributed by atoms with Crippen LogP contribution in [0.5, 0.6) is 17.2 Å². The van der Waals surface area contributed by atoms with Crippen LogP contribution in [0.3, 0.4) is 0 Å². The molecule has 0 aliphatic carbocycles. The fourth-order valence-corrected chi connectivity index (χ4v) is 4.84. The lowest BCUT2D eigenvalue weighted by atomic mass is 10.2. The number of thiazole rings is 1. The molecule has 5 aromatic rings. The van der Waals surface area contributed by atoms with Crippen LogP contribution < -0.4 is 24.3 Å². The SMILES string of the molecule is CCOc1cc(/C=c2\sc3nc4ccccc4n3c2=O)ccc1OCCCOc1ccc(Cl)cc1. The number of halogens is 1. The van der Waals surface area contributed by atoms with Gasteiger partial charge in [0.15, 0.2) is 16.5 Å². The fourth-order valence-electron chi connectivity index (χ4n) is 3.73. The van der Waals surface area contributed by atoms with Gasteiger partial charge in [-0.1, -0.05) is 41.1 Å². The second-order valence-corrected chi connectivity index (χ2v) is 9.22. The van der Waals surface area contributed by atoms with Crippen LogP contribution in [0, 0.1) is 0 Å². The van der Waals surface area contributed by atoms with Crippen LogP contribution in [0.4, 0.5) is 0 Å². The van der Waals surface area contributed by atoms with E-state index in [9.17, 15) is 4.79 Å². The zero-order valence-corrected chi connectivity index (χ0v) is 20.6. The highest BCUT2D eigenvalue weighted by molar-refractivity contribution is 7.15. The van der Waals surface area contributed by atoms with E-state index in [0.717, 1.165) is 22.3 Å². The summed E-state index contributed by atoms with van der Waals surface area (Å²) in [5, 5.41) is 0.679. The third kappa shape index (κ3) is 5.11. The number of hydrogen-bond acceptors (Lipinski definition) is 6. The van der Waals surface area contributed by atoms with Gasteiger partial charge in [-0.05, 0) is 67.1 Å². The second-order valence-electron chi connectivity index (χ2n) is 7.78. The van der Waals surface area contributed by atoms with Crippen molar-refractivity contribution < 1.29 is 14.2 Å². The minimum Gasteiger partial charge on any atom is -0.493 e. The Morgan fingerprint density at radius 3 is 2.60 bits per heavy atom. The molecule has 3 aromatic carbocycles. The molecule has 0 atom stereocenters. The van der Waals surface area contributed by atoms with E-state index in [-0.39, 0.29) is 5.56 Å². The van der Waals surface area contributed by atoms with Gasteiger partial charge in [-0.2, -0.15) is 0 Å². The number of para-hydroxylation sites is 2. The number of aromatic nitrogens is 2. The molecule has 0 saturated heterocycles. The molecule has 0 spiro atoms. The van der Waals surface area contributed by atoms with Gasteiger partial charge in [0.05, 0.1) is 35.4 Å². The third-order valence-corrected chi connectivity index (χ3v) is 6.56. The highest BCUT2D eigenvalue weighted by atomic mass is 35.5. The van der Waals surface area contributed by atoms with Crippen molar-refractivity contribution in [3.05, 3.63) is 92.2 Å². The molecule has 0 bridgehead atoms. The van der Waals surface area contributed by atoms with Crippen LogP contribution in [0.25, 0.3) is 22.1 Å². The summed E-state index contributed by atoms with van der Waals surface area (Å²) in [7, 11) is 0. The Kier molecular flexibility index (Phi) is 6.88. The first-order chi connectivity index (χ1) is 17.1. The molecule has 2 heterocycles. The van der Waals surface area contributed by atoms with Crippen molar-refractivity contribution in [2.24, 2.45) is 0 Å². The number of imidazole rings is 1. The van der Waals surface area contributed by atoms with Gasteiger partial charge in [0.1, 0.15) is 5.75 Å². The maximum absolute atomic E-state index is 13.0. The highest BCUT2D eigenvalue weighted by Gasteiger charge is 2.11. The van der Waals surface area contributed by atoms with E-state index in [1.54, 1.807) is 16.5 Å². The van der Waals surface area contributed by atoms with Crippen LogP contribution in [0.15, 0.2) is 71.5 Å². The van der Waals surface area contributed by atoms with Crippen LogP contribution >= 0.6 is 22.9 Å². The van der Waals surface area contributed by atoms with Crippen LogP contribution in [-0.2, 0) is 0 Å². The van der Waals surface area contributed by atoms with E-state index in [0.29, 0.717) is 52.3 Å². The Balaban J connectivity index is 1.30.